The molecule has 0 radical (unpaired) electrons. The molecule has 2 heterocycles. The minimum atomic E-state index is -2.77. The SMILES string of the molecule is COc1ccc([C@H]2CCCN2C[C@@H]2CCS(=O)(=O)C2)cc1. The Kier molecular flexibility index (Phi) is 4.22. The monoisotopic (exact) mass is 309 g/mol. The fraction of sp³-hybridized carbons (Fsp3) is 0.625. The van der Waals surface area contributed by atoms with Crippen molar-refractivity contribution in [2.75, 3.05) is 31.7 Å². The molecule has 2 atom stereocenters. The van der Waals surface area contributed by atoms with Crippen LogP contribution >= 0.6 is 0 Å². The second kappa shape index (κ2) is 5.97. The van der Waals surface area contributed by atoms with E-state index in [1.54, 1.807) is 7.11 Å². The van der Waals surface area contributed by atoms with Crippen LogP contribution in [0.3, 0.4) is 0 Å². The molecule has 0 amide bonds. The van der Waals surface area contributed by atoms with Gasteiger partial charge >= 0.3 is 0 Å². The lowest BCUT2D eigenvalue weighted by Crippen LogP contribution is -2.29. The standard InChI is InChI=1S/C16H23NO3S/c1-20-15-6-4-14(5-7-15)16-3-2-9-17(16)11-13-8-10-21(18,19)12-13/h4-7,13,16H,2-3,8-12H2,1H3/t13-,16+/m0/s1. The molecule has 1 aromatic rings. The zero-order valence-corrected chi connectivity index (χ0v) is 13.3. The van der Waals surface area contributed by atoms with Crippen LogP contribution in [-0.2, 0) is 9.84 Å². The van der Waals surface area contributed by atoms with E-state index < -0.39 is 9.84 Å². The first-order valence-corrected chi connectivity index (χ1v) is 9.48. The predicted octanol–water partition coefficient (Wildman–Crippen LogP) is 2.27. The van der Waals surface area contributed by atoms with E-state index in [-0.39, 0.29) is 0 Å². The normalized spacial score (nSPS) is 28.8. The summed E-state index contributed by atoms with van der Waals surface area (Å²) in [6.45, 7) is 1.99. The van der Waals surface area contributed by atoms with Gasteiger partial charge in [-0.05, 0) is 49.4 Å². The van der Waals surface area contributed by atoms with Gasteiger partial charge in [-0.3, -0.25) is 4.90 Å². The highest BCUT2D eigenvalue weighted by molar-refractivity contribution is 7.91. The third kappa shape index (κ3) is 3.40. The molecule has 0 aliphatic carbocycles. The quantitative estimate of drug-likeness (QED) is 0.856. The van der Waals surface area contributed by atoms with Crippen molar-refractivity contribution in [2.24, 2.45) is 5.92 Å². The van der Waals surface area contributed by atoms with Gasteiger partial charge in [0.25, 0.3) is 0 Å². The molecule has 3 rings (SSSR count). The van der Waals surface area contributed by atoms with Crippen LogP contribution in [0.4, 0.5) is 0 Å². The first-order chi connectivity index (χ1) is 10.1. The Balaban J connectivity index is 1.67. The van der Waals surface area contributed by atoms with Crippen LogP contribution in [-0.4, -0.2) is 45.0 Å². The van der Waals surface area contributed by atoms with Gasteiger partial charge in [-0.15, -0.1) is 0 Å². The molecule has 0 aromatic heterocycles. The van der Waals surface area contributed by atoms with E-state index in [1.165, 1.54) is 12.0 Å². The number of likely N-dealkylation sites (tertiary alicyclic amines) is 1. The predicted molar refractivity (Wildman–Crippen MR) is 83.3 cm³/mol. The van der Waals surface area contributed by atoms with E-state index in [9.17, 15) is 8.42 Å². The Labute approximate surface area is 127 Å². The minimum Gasteiger partial charge on any atom is -0.497 e. The highest BCUT2D eigenvalue weighted by atomic mass is 32.2. The fourth-order valence-corrected chi connectivity index (χ4v) is 5.45. The molecule has 5 heteroatoms. The molecule has 0 spiro atoms. The summed E-state index contributed by atoms with van der Waals surface area (Å²) in [6, 6.07) is 8.71. The summed E-state index contributed by atoms with van der Waals surface area (Å²) < 4.78 is 28.4. The summed E-state index contributed by atoms with van der Waals surface area (Å²) in [4.78, 5) is 2.47. The average Bonchev–Trinajstić information content (AvgIpc) is 3.06. The van der Waals surface area contributed by atoms with Crippen LogP contribution in [0.5, 0.6) is 5.75 Å². The lowest BCUT2D eigenvalue weighted by atomic mass is 10.0. The van der Waals surface area contributed by atoms with Gasteiger partial charge in [-0.2, -0.15) is 0 Å². The summed E-state index contributed by atoms with van der Waals surface area (Å²) in [6.07, 6.45) is 3.18. The van der Waals surface area contributed by atoms with Crippen LogP contribution < -0.4 is 4.74 Å². The summed E-state index contributed by atoms with van der Waals surface area (Å²) in [7, 11) is -1.09. The number of sulfone groups is 1. The maximum absolute atomic E-state index is 11.6. The number of nitrogens with zero attached hydrogens (tertiary/aromatic N) is 1. The van der Waals surface area contributed by atoms with Crippen molar-refractivity contribution in [1.82, 2.24) is 4.90 Å². The summed E-state index contributed by atoms with van der Waals surface area (Å²) >= 11 is 0. The molecule has 116 valence electrons. The Morgan fingerprint density at radius 1 is 1.24 bits per heavy atom. The Hall–Kier alpha value is -1.07. The Morgan fingerprint density at radius 2 is 2.00 bits per heavy atom. The largest absolute Gasteiger partial charge is 0.497 e. The maximum Gasteiger partial charge on any atom is 0.150 e. The van der Waals surface area contributed by atoms with E-state index in [1.807, 2.05) is 12.1 Å². The fourth-order valence-electron chi connectivity index (χ4n) is 3.60. The molecule has 0 unspecified atom stereocenters. The van der Waals surface area contributed by atoms with E-state index in [0.717, 1.165) is 31.7 Å². The molecule has 0 bridgehead atoms. The number of methoxy groups -OCH3 is 1. The van der Waals surface area contributed by atoms with Crippen LogP contribution in [0.1, 0.15) is 30.9 Å². The highest BCUT2D eigenvalue weighted by Crippen LogP contribution is 2.34. The topological polar surface area (TPSA) is 46.6 Å². The second-order valence-corrected chi connectivity index (χ2v) is 8.42. The van der Waals surface area contributed by atoms with E-state index >= 15 is 0 Å². The molecular formula is C16H23NO3S. The number of benzene rings is 1. The van der Waals surface area contributed by atoms with Gasteiger partial charge in [0.15, 0.2) is 9.84 Å². The number of hydrogen-bond acceptors (Lipinski definition) is 4. The molecular weight excluding hydrogens is 286 g/mol. The van der Waals surface area contributed by atoms with Gasteiger partial charge in [0.2, 0.25) is 0 Å². The maximum atomic E-state index is 11.6. The smallest absolute Gasteiger partial charge is 0.150 e. The van der Waals surface area contributed by atoms with E-state index in [4.69, 9.17) is 4.74 Å². The lowest BCUT2D eigenvalue weighted by molar-refractivity contribution is 0.224. The molecule has 0 N–H and O–H groups in total. The van der Waals surface area contributed by atoms with Gasteiger partial charge in [-0.25, -0.2) is 8.42 Å². The molecule has 2 aliphatic rings. The molecule has 2 saturated heterocycles. The van der Waals surface area contributed by atoms with E-state index in [0.29, 0.717) is 23.5 Å². The molecule has 0 saturated carbocycles. The third-order valence-electron chi connectivity index (χ3n) is 4.68. The van der Waals surface area contributed by atoms with Crippen molar-refractivity contribution in [3.63, 3.8) is 0 Å². The number of rotatable bonds is 4. The zero-order valence-electron chi connectivity index (χ0n) is 12.5. The van der Waals surface area contributed by atoms with Crippen molar-refractivity contribution >= 4 is 9.84 Å². The molecule has 2 aliphatic heterocycles. The Bertz CT molecular complexity index is 582. The van der Waals surface area contributed by atoms with Crippen LogP contribution in [0.15, 0.2) is 24.3 Å². The van der Waals surface area contributed by atoms with Gasteiger partial charge < -0.3 is 4.74 Å². The molecule has 21 heavy (non-hydrogen) atoms. The highest BCUT2D eigenvalue weighted by Gasteiger charge is 2.33. The first kappa shape index (κ1) is 14.9. The summed E-state index contributed by atoms with van der Waals surface area (Å²) in [5, 5.41) is 0. The van der Waals surface area contributed by atoms with Gasteiger partial charge in [-0.1, -0.05) is 12.1 Å². The van der Waals surface area contributed by atoms with Gasteiger partial charge in [0.05, 0.1) is 18.6 Å². The molecule has 2 fully saturated rings. The summed E-state index contributed by atoms with van der Waals surface area (Å²) in [5.74, 6) is 1.94. The third-order valence-corrected chi connectivity index (χ3v) is 6.52. The Morgan fingerprint density at radius 3 is 2.62 bits per heavy atom. The van der Waals surface area contributed by atoms with Crippen molar-refractivity contribution in [2.45, 2.75) is 25.3 Å². The first-order valence-electron chi connectivity index (χ1n) is 7.66. The van der Waals surface area contributed by atoms with Crippen LogP contribution in [0, 0.1) is 5.92 Å². The van der Waals surface area contributed by atoms with Gasteiger partial charge in [0, 0.05) is 12.6 Å². The number of hydrogen-bond donors (Lipinski definition) is 0. The van der Waals surface area contributed by atoms with Crippen molar-refractivity contribution in [3.8, 4) is 5.75 Å². The van der Waals surface area contributed by atoms with Crippen molar-refractivity contribution in [1.29, 1.82) is 0 Å². The average molecular weight is 309 g/mol. The minimum absolute atomic E-state index is 0.314. The van der Waals surface area contributed by atoms with Gasteiger partial charge in [0.1, 0.15) is 5.75 Å². The van der Waals surface area contributed by atoms with Crippen LogP contribution in [0.25, 0.3) is 0 Å². The zero-order chi connectivity index (χ0) is 14.9. The van der Waals surface area contributed by atoms with Crippen molar-refractivity contribution < 1.29 is 13.2 Å². The lowest BCUT2D eigenvalue weighted by Gasteiger charge is -2.27. The molecule has 1 aromatic carbocycles. The van der Waals surface area contributed by atoms with Crippen molar-refractivity contribution in [3.05, 3.63) is 29.8 Å². The van der Waals surface area contributed by atoms with Crippen LogP contribution in [0.2, 0.25) is 0 Å². The summed E-state index contributed by atoms with van der Waals surface area (Å²) in [5.41, 5.74) is 1.31. The second-order valence-electron chi connectivity index (χ2n) is 6.20. The number of ether oxygens (including phenoxy) is 1. The molecule has 4 nitrogen and oxygen atoms in total. The van der Waals surface area contributed by atoms with E-state index in [2.05, 4.69) is 17.0 Å².